The maximum absolute atomic E-state index is 12.6. The van der Waals surface area contributed by atoms with E-state index in [9.17, 15) is 13.2 Å². The van der Waals surface area contributed by atoms with Crippen molar-refractivity contribution >= 4 is 21.4 Å². The van der Waals surface area contributed by atoms with Gasteiger partial charge >= 0.3 is 0 Å². The largest absolute Gasteiger partial charge is 0.326 e. The standard InChI is InChI=1S/C19H23NO3S/c1-3-8-18(15-9-6-5-7-10-15)19(21)20-16-11-13-17(14-12-16)24(22,23)4-2/h5-7,9-14,18H,3-4,8H2,1-2H3,(H,20,21). The predicted molar refractivity (Wildman–Crippen MR) is 96.9 cm³/mol. The molecule has 0 bridgehead atoms. The summed E-state index contributed by atoms with van der Waals surface area (Å²) in [7, 11) is -3.22. The van der Waals surface area contributed by atoms with Gasteiger partial charge in [-0.2, -0.15) is 0 Å². The molecular weight excluding hydrogens is 322 g/mol. The number of amides is 1. The zero-order valence-electron chi connectivity index (χ0n) is 14.0. The molecule has 0 heterocycles. The minimum absolute atomic E-state index is 0.0608. The minimum Gasteiger partial charge on any atom is -0.326 e. The van der Waals surface area contributed by atoms with Crippen molar-refractivity contribution in [1.29, 1.82) is 0 Å². The molecule has 2 rings (SSSR count). The third-order valence-corrected chi connectivity index (χ3v) is 5.71. The molecule has 0 saturated heterocycles. The van der Waals surface area contributed by atoms with Crippen LogP contribution in [0, 0.1) is 0 Å². The summed E-state index contributed by atoms with van der Waals surface area (Å²) in [6, 6.07) is 16.0. The molecular formula is C19H23NO3S. The lowest BCUT2D eigenvalue weighted by Crippen LogP contribution is -2.21. The average Bonchev–Trinajstić information content (AvgIpc) is 2.60. The number of anilines is 1. The fourth-order valence-corrected chi connectivity index (χ4v) is 3.45. The molecule has 2 aromatic rings. The third kappa shape index (κ3) is 4.45. The van der Waals surface area contributed by atoms with Crippen LogP contribution in [-0.2, 0) is 14.6 Å². The van der Waals surface area contributed by atoms with Crippen molar-refractivity contribution in [2.75, 3.05) is 11.1 Å². The highest BCUT2D eigenvalue weighted by molar-refractivity contribution is 7.91. The van der Waals surface area contributed by atoms with E-state index in [0.29, 0.717) is 5.69 Å². The van der Waals surface area contributed by atoms with Gasteiger partial charge in [0.1, 0.15) is 0 Å². The topological polar surface area (TPSA) is 63.2 Å². The van der Waals surface area contributed by atoms with Gasteiger partial charge in [-0.15, -0.1) is 0 Å². The molecule has 1 amide bonds. The molecule has 0 fully saturated rings. The Morgan fingerprint density at radius 3 is 2.17 bits per heavy atom. The molecule has 0 aromatic heterocycles. The van der Waals surface area contributed by atoms with Gasteiger partial charge < -0.3 is 5.32 Å². The van der Waals surface area contributed by atoms with Crippen LogP contribution in [0.3, 0.4) is 0 Å². The van der Waals surface area contributed by atoms with Gasteiger partial charge in [0.05, 0.1) is 16.6 Å². The zero-order chi connectivity index (χ0) is 17.6. The van der Waals surface area contributed by atoms with E-state index in [0.717, 1.165) is 18.4 Å². The Kier molecular flexibility index (Phi) is 6.15. The van der Waals surface area contributed by atoms with E-state index < -0.39 is 9.84 Å². The Morgan fingerprint density at radius 1 is 1.00 bits per heavy atom. The van der Waals surface area contributed by atoms with Gasteiger partial charge in [-0.05, 0) is 36.2 Å². The molecule has 0 aliphatic rings. The highest BCUT2D eigenvalue weighted by atomic mass is 32.2. The normalized spacial score (nSPS) is 12.6. The highest BCUT2D eigenvalue weighted by Crippen LogP contribution is 2.24. The first-order valence-electron chi connectivity index (χ1n) is 8.16. The van der Waals surface area contributed by atoms with Crippen molar-refractivity contribution in [3.8, 4) is 0 Å². The van der Waals surface area contributed by atoms with Crippen LogP contribution in [0.4, 0.5) is 5.69 Å². The first-order chi connectivity index (χ1) is 11.5. The molecule has 1 N–H and O–H groups in total. The van der Waals surface area contributed by atoms with E-state index in [1.807, 2.05) is 37.3 Å². The number of carbonyl (C=O) groups excluding carboxylic acids is 1. The van der Waals surface area contributed by atoms with Crippen LogP contribution in [0.2, 0.25) is 0 Å². The molecule has 1 unspecified atom stereocenters. The van der Waals surface area contributed by atoms with Crippen molar-refractivity contribution in [3.05, 3.63) is 60.2 Å². The Labute approximate surface area is 143 Å². The van der Waals surface area contributed by atoms with Crippen molar-refractivity contribution in [2.45, 2.75) is 37.5 Å². The summed E-state index contributed by atoms with van der Waals surface area (Å²) in [6.45, 7) is 3.66. The monoisotopic (exact) mass is 345 g/mol. The van der Waals surface area contributed by atoms with Crippen LogP contribution in [0.5, 0.6) is 0 Å². The molecule has 2 aromatic carbocycles. The first kappa shape index (κ1) is 18.2. The fraction of sp³-hybridized carbons (Fsp3) is 0.316. The Hall–Kier alpha value is -2.14. The lowest BCUT2D eigenvalue weighted by atomic mass is 9.93. The Bertz CT molecular complexity index is 768. The van der Waals surface area contributed by atoms with Gasteiger partial charge in [0.2, 0.25) is 5.91 Å². The summed E-state index contributed by atoms with van der Waals surface area (Å²) in [5.74, 6) is -0.227. The lowest BCUT2D eigenvalue weighted by Gasteiger charge is -2.16. The van der Waals surface area contributed by atoms with Crippen LogP contribution in [0.15, 0.2) is 59.5 Å². The average molecular weight is 345 g/mol. The van der Waals surface area contributed by atoms with Crippen LogP contribution >= 0.6 is 0 Å². The maximum Gasteiger partial charge on any atom is 0.231 e. The van der Waals surface area contributed by atoms with Gasteiger partial charge in [0.25, 0.3) is 0 Å². The quantitative estimate of drug-likeness (QED) is 0.825. The Balaban J connectivity index is 2.15. The lowest BCUT2D eigenvalue weighted by molar-refractivity contribution is -0.117. The van der Waals surface area contributed by atoms with E-state index in [1.165, 1.54) is 12.1 Å². The van der Waals surface area contributed by atoms with Gasteiger partial charge in [0, 0.05) is 5.69 Å². The number of hydrogen-bond acceptors (Lipinski definition) is 3. The molecule has 0 aliphatic heterocycles. The molecule has 128 valence electrons. The molecule has 0 radical (unpaired) electrons. The van der Waals surface area contributed by atoms with Crippen LogP contribution in [0.25, 0.3) is 0 Å². The molecule has 24 heavy (non-hydrogen) atoms. The zero-order valence-corrected chi connectivity index (χ0v) is 14.8. The van der Waals surface area contributed by atoms with E-state index in [2.05, 4.69) is 5.32 Å². The summed E-state index contributed by atoms with van der Waals surface area (Å²) in [5, 5.41) is 2.89. The second-order valence-electron chi connectivity index (χ2n) is 5.67. The van der Waals surface area contributed by atoms with Crippen molar-refractivity contribution in [2.24, 2.45) is 0 Å². The summed E-state index contributed by atoms with van der Waals surface area (Å²) in [5.41, 5.74) is 1.59. The van der Waals surface area contributed by atoms with Crippen LogP contribution < -0.4 is 5.32 Å². The first-order valence-corrected chi connectivity index (χ1v) is 9.81. The van der Waals surface area contributed by atoms with Gasteiger partial charge in [-0.25, -0.2) is 8.42 Å². The Morgan fingerprint density at radius 2 is 1.62 bits per heavy atom. The molecule has 1 atom stereocenters. The number of rotatable bonds is 7. The molecule has 5 heteroatoms. The minimum atomic E-state index is -3.22. The van der Waals surface area contributed by atoms with Crippen molar-refractivity contribution < 1.29 is 13.2 Å². The molecule has 0 spiro atoms. The van der Waals surface area contributed by atoms with E-state index in [4.69, 9.17) is 0 Å². The summed E-state index contributed by atoms with van der Waals surface area (Å²) >= 11 is 0. The SMILES string of the molecule is CCCC(C(=O)Nc1ccc(S(=O)(=O)CC)cc1)c1ccccc1. The second-order valence-corrected chi connectivity index (χ2v) is 7.95. The van der Waals surface area contributed by atoms with Crippen molar-refractivity contribution in [3.63, 3.8) is 0 Å². The van der Waals surface area contributed by atoms with E-state index in [1.54, 1.807) is 19.1 Å². The number of nitrogens with one attached hydrogen (secondary N) is 1. The molecule has 0 aliphatic carbocycles. The number of benzene rings is 2. The van der Waals surface area contributed by atoms with E-state index >= 15 is 0 Å². The predicted octanol–water partition coefficient (Wildman–Crippen LogP) is 4.00. The van der Waals surface area contributed by atoms with Crippen LogP contribution in [0.1, 0.15) is 38.2 Å². The molecule has 4 nitrogen and oxygen atoms in total. The third-order valence-electron chi connectivity index (χ3n) is 3.96. The fourth-order valence-electron chi connectivity index (χ4n) is 2.56. The second kappa shape index (κ2) is 8.11. The molecule has 0 saturated carbocycles. The number of hydrogen-bond donors (Lipinski definition) is 1. The smallest absolute Gasteiger partial charge is 0.231 e. The maximum atomic E-state index is 12.6. The summed E-state index contributed by atoms with van der Waals surface area (Å²) in [4.78, 5) is 12.9. The highest BCUT2D eigenvalue weighted by Gasteiger charge is 2.20. The van der Waals surface area contributed by atoms with E-state index in [-0.39, 0.29) is 22.5 Å². The number of sulfone groups is 1. The summed E-state index contributed by atoms with van der Waals surface area (Å²) in [6.07, 6.45) is 1.67. The number of carbonyl (C=O) groups is 1. The van der Waals surface area contributed by atoms with Gasteiger partial charge in [0.15, 0.2) is 9.84 Å². The van der Waals surface area contributed by atoms with Gasteiger partial charge in [-0.3, -0.25) is 4.79 Å². The summed E-state index contributed by atoms with van der Waals surface area (Å²) < 4.78 is 23.7. The van der Waals surface area contributed by atoms with Crippen molar-refractivity contribution in [1.82, 2.24) is 0 Å². The van der Waals surface area contributed by atoms with Crippen LogP contribution in [-0.4, -0.2) is 20.1 Å². The van der Waals surface area contributed by atoms with Gasteiger partial charge in [-0.1, -0.05) is 50.6 Å².